The maximum atomic E-state index is 13.2. The van der Waals surface area contributed by atoms with Gasteiger partial charge in [0.1, 0.15) is 5.82 Å². The van der Waals surface area contributed by atoms with Gasteiger partial charge in [-0.1, -0.05) is 6.07 Å². The van der Waals surface area contributed by atoms with E-state index in [4.69, 9.17) is 4.74 Å². The van der Waals surface area contributed by atoms with Gasteiger partial charge in [-0.15, -0.1) is 0 Å². The normalized spacial score (nSPS) is 23.9. The van der Waals surface area contributed by atoms with Crippen LogP contribution < -0.4 is 0 Å². The van der Waals surface area contributed by atoms with Gasteiger partial charge in [-0.2, -0.15) is 0 Å². The molecule has 1 aliphatic rings. The molecule has 1 atom stereocenters. The third kappa shape index (κ3) is 1.50. The molecule has 0 aliphatic heterocycles. The van der Waals surface area contributed by atoms with Gasteiger partial charge in [-0.25, -0.2) is 9.18 Å². The second-order valence-electron chi connectivity index (χ2n) is 3.99. The summed E-state index contributed by atoms with van der Waals surface area (Å²) in [6, 6.07) is 4.26. The minimum atomic E-state index is -1.38. The molecule has 1 aromatic rings. The van der Waals surface area contributed by atoms with Gasteiger partial charge >= 0.3 is 5.97 Å². The number of ether oxygens (including phenoxy) is 1. The van der Waals surface area contributed by atoms with E-state index in [1.807, 2.05) is 0 Å². The van der Waals surface area contributed by atoms with E-state index in [0.717, 1.165) is 18.4 Å². The number of benzene rings is 1. The predicted octanol–water partition coefficient (Wildman–Crippen LogP) is 2.09. The van der Waals surface area contributed by atoms with E-state index in [1.165, 1.54) is 19.2 Å². The number of carbonyl (C=O) groups is 1. The lowest BCUT2D eigenvalue weighted by molar-refractivity contribution is -0.165. The molecule has 1 N–H and O–H groups in total. The van der Waals surface area contributed by atoms with Gasteiger partial charge in [0.25, 0.3) is 0 Å². The molecule has 0 heterocycles. The minimum absolute atomic E-state index is 0.384. The van der Waals surface area contributed by atoms with Crippen molar-refractivity contribution in [3.63, 3.8) is 0 Å². The Morgan fingerprint density at radius 1 is 1.56 bits per heavy atom. The third-order valence-corrected chi connectivity index (χ3v) is 3.18. The fourth-order valence-electron chi connectivity index (χ4n) is 2.33. The first-order valence-corrected chi connectivity index (χ1v) is 5.17. The quantitative estimate of drug-likeness (QED) is 0.836. The van der Waals surface area contributed by atoms with Crippen molar-refractivity contribution in [3.05, 3.63) is 35.1 Å². The molecule has 1 aromatic carbocycles. The van der Waals surface area contributed by atoms with E-state index in [2.05, 4.69) is 0 Å². The lowest BCUT2D eigenvalue weighted by Crippen LogP contribution is -2.41. The molecular weight excluding hydrogens is 211 g/mol. The smallest absolute Gasteiger partial charge is 0.340 e. The van der Waals surface area contributed by atoms with Crippen LogP contribution in [0.25, 0.3) is 0 Å². The van der Waals surface area contributed by atoms with Crippen molar-refractivity contribution in [1.82, 2.24) is 0 Å². The van der Waals surface area contributed by atoms with E-state index in [0.29, 0.717) is 12.0 Å². The molecule has 1 unspecified atom stereocenters. The molecule has 0 spiro atoms. The molecule has 0 amide bonds. The molecule has 0 radical (unpaired) electrons. The van der Waals surface area contributed by atoms with Crippen LogP contribution in [-0.4, -0.2) is 18.2 Å². The number of hydrogen-bond acceptors (Lipinski definition) is 2. The fraction of sp³-hybridized carbons (Fsp3) is 0.417. The average Bonchev–Trinajstić information content (AvgIpc) is 2.27. The van der Waals surface area contributed by atoms with Crippen molar-refractivity contribution < 1.29 is 19.0 Å². The molecule has 0 fully saturated rings. The molecule has 86 valence electrons. The van der Waals surface area contributed by atoms with Crippen LogP contribution in [0.15, 0.2) is 18.2 Å². The van der Waals surface area contributed by atoms with Crippen LogP contribution in [0.1, 0.15) is 24.0 Å². The minimum Gasteiger partial charge on any atom is -0.479 e. The van der Waals surface area contributed by atoms with Gasteiger partial charge < -0.3 is 9.84 Å². The van der Waals surface area contributed by atoms with Gasteiger partial charge in [0, 0.05) is 12.7 Å². The number of fused-ring (bicyclic) bond motifs is 1. The average molecular weight is 224 g/mol. The highest BCUT2D eigenvalue weighted by Gasteiger charge is 2.44. The molecule has 0 aromatic heterocycles. The van der Waals surface area contributed by atoms with Crippen LogP contribution in [0.4, 0.5) is 4.39 Å². The summed E-state index contributed by atoms with van der Waals surface area (Å²) >= 11 is 0. The Balaban J connectivity index is 2.61. The number of methoxy groups -OCH3 is 1. The van der Waals surface area contributed by atoms with E-state index >= 15 is 0 Å². The van der Waals surface area contributed by atoms with Crippen LogP contribution in [0.5, 0.6) is 0 Å². The Bertz CT molecular complexity index is 430. The van der Waals surface area contributed by atoms with E-state index in [1.54, 1.807) is 6.07 Å². The van der Waals surface area contributed by atoms with Crippen LogP contribution in [0.3, 0.4) is 0 Å². The first-order chi connectivity index (χ1) is 7.60. The van der Waals surface area contributed by atoms with Crippen molar-refractivity contribution in [2.24, 2.45) is 0 Å². The van der Waals surface area contributed by atoms with Crippen molar-refractivity contribution in [2.75, 3.05) is 7.11 Å². The zero-order valence-electron chi connectivity index (χ0n) is 9.00. The lowest BCUT2D eigenvalue weighted by atomic mass is 9.79. The van der Waals surface area contributed by atoms with Crippen LogP contribution in [0.2, 0.25) is 0 Å². The zero-order chi connectivity index (χ0) is 11.8. The van der Waals surface area contributed by atoms with Crippen molar-refractivity contribution in [2.45, 2.75) is 24.9 Å². The zero-order valence-corrected chi connectivity index (χ0v) is 9.00. The Kier molecular flexibility index (Phi) is 2.68. The van der Waals surface area contributed by atoms with Crippen molar-refractivity contribution >= 4 is 5.97 Å². The highest BCUT2D eigenvalue weighted by Crippen LogP contribution is 2.38. The van der Waals surface area contributed by atoms with Crippen LogP contribution in [-0.2, 0) is 21.6 Å². The summed E-state index contributed by atoms with van der Waals surface area (Å²) in [6.07, 6.45) is 1.89. The molecule has 3 nitrogen and oxygen atoms in total. The molecule has 4 heteroatoms. The molecule has 0 saturated carbocycles. The Hall–Kier alpha value is -1.42. The Morgan fingerprint density at radius 2 is 2.31 bits per heavy atom. The standard InChI is InChI=1S/C12H13FO3/c1-16-12(11(14)15)6-2-3-8-4-5-9(13)7-10(8)12/h4-5,7H,2-3,6H2,1H3,(H,14,15). The number of aryl methyl sites for hydroxylation is 1. The summed E-state index contributed by atoms with van der Waals surface area (Å²) in [5.41, 5.74) is -0.0685. The first kappa shape index (κ1) is 11.1. The summed E-state index contributed by atoms with van der Waals surface area (Å²) in [6.45, 7) is 0. The van der Waals surface area contributed by atoms with Gasteiger partial charge in [0.15, 0.2) is 5.60 Å². The molecule has 0 saturated heterocycles. The second-order valence-corrected chi connectivity index (χ2v) is 3.99. The largest absolute Gasteiger partial charge is 0.479 e. The maximum Gasteiger partial charge on any atom is 0.340 e. The molecule has 2 rings (SSSR count). The molecular formula is C12H13FO3. The molecule has 1 aliphatic carbocycles. The second kappa shape index (κ2) is 3.87. The van der Waals surface area contributed by atoms with E-state index in [-0.39, 0.29) is 0 Å². The monoisotopic (exact) mass is 224 g/mol. The van der Waals surface area contributed by atoms with Gasteiger partial charge in [-0.05, 0) is 37.0 Å². The van der Waals surface area contributed by atoms with Gasteiger partial charge in [-0.3, -0.25) is 0 Å². The highest BCUT2D eigenvalue weighted by molar-refractivity contribution is 5.80. The number of aliphatic carboxylic acids is 1. The van der Waals surface area contributed by atoms with E-state index in [9.17, 15) is 14.3 Å². The Morgan fingerprint density at radius 3 is 2.94 bits per heavy atom. The number of hydrogen-bond donors (Lipinski definition) is 1. The molecule has 16 heavy (non-hydrogen) atoms. The summed E-state index contributed by atoms with van der Waals surface area (Å²) < 4.78 is 18.3. The first-order valence-electron chi connectivity index (χ1n) is 5.17. The number of halogens is 1. The fourth-order valence-corrected chi connectivity index (χ4v) is 2.33. The topological polar surface area (TPSA) is 46.5 Å². The lowest BCUT2D eigenvalue weighted by Gasteiger charge is -2.34. The SMILES string of the molecule is COC1(C(=O)O)CCCc2ccc(F)cc21. The van der Waals surface area contributed by atoms with E-state index < -0.39 is 17.4 Å². The summed E-state index contributed by atoms with van der Waals surface area (Å²) in [5.74, 6) is -1.48. The van der Waals surface area contributed by atoms with Crippen molar-refractivity contribution in [1.29, 1.82) is 0 Å². The summed E-state index contributed by atoms with van der Waals surface area (Å²) in [4.78, 5) is 11.3. The van der Waals surface area contributed by atoms with Gasteiger partial charge in [0.05, 0.1) is 0 Å². The molecule has 0 bridgehead atoms. The van der Waals surface area contributed by atoms with Gasteiger partial charge in [0.2, 0.25) is 0 Å². The van der Waals surface area contributed by atoms with Crippen molar-refractivity contribution in [3.8, 4) is 0 Å². The summed E-state index contributed by atoms with van der Waals surface area (Å²) in [7, 11) is 1.36. The van der Waals surface area contributed by atoms with Crippen LogP contribution >= 0.6 is 0 Å². The van der Waals surface area contributed by atoms with Crippen LogP contribution in [0, 0.1) is 5.82 Å². The summed E-state index contributed by atoms with van der Waals surface area (Å²) in [5, 5.41) is 9.28. The number of carboxylic acids is 1. The number of rotatable bonds is 2. The highest BCUT2D eigenvalue weighted by atomic mass is 19.1. The number of carboxylic acid groups (broad SMARTS) is 1. The maximum absolute atomic E-state index is 13.2. The third-order valence-electron chi connectivity index (χ3n) is 3.18. The Labute approximate surface area is 92.9 Å². The predicted molar refractivity (Wildman–Crippen MR) is 55.7 cm³/mol.